The van der Waals surface area contributed by atoms with Crippen LogP contribution < -0.4 is 31.9 Å². The first-order chi connectivity index (χ1) is 18.2. The molecule has 38 heavy (non-hydrogen) atoms. The first-order valence-corrected chi connectivity index (χ1v) is 13.9. The highest BCUT2D eigenvalue weighted by atomic mass is 79.9. The summed E-state index contributed by atoms with van der Waals surface area (Å²) in [5.74, 6) is 1.47. The Balaban J connectivity index is 0.000000155. The van der Waals surface area contributed by atoms with E-state index in [2.05, 4.69) is 31.9 Å². The van der Waals surface area contributed by atoms with Gasteiger partial charge in [-0.25, -0.2) is 0 Å². The number of nitrogens with two attached hydrogens (primary N) is 2. The van der Waals surface area contributed by atoms with E-state index >= 15 is 0 Å². The fourth-order valence-corrected chi connectivity index (χ4v) is 6.08. The van der Waals surface area contributed by atoms with Crippen molar-refractivity contribution < 1.29 is 38.3 Å². The molecule has 0 amide bonds. The van der Waals surface area contributed by atoms with Crippen LogP contribution in [0.15, 0.2) is 33.2 Å². The van der Waals surface area contributed by atoms with Crippen LogP contribution in [-0.2, 0) is 18.6 Å². The standard InChI is InChI=1S/2C12H15BBrNO4/c2*1-12(5-16)6-17-8-3-2-7(14)10-9(4-15)18-13(19-12)11(8)10/h2*2-3,9,16H,4-6,15H2,1H3/t9-,12+;9-,12-/m11/s1. The predicted octanol–water partition coefficient (Wildman–Crippen LogP) is 0.669. The minimum absolute atomic E-state index is 0.134. The molecule has 0 spiro atoms. The fraction of sp³-hybridized carbons (Fsp3) is 0.500. The second-order valence-corrected chi connectivity index (χ2v) is 11.9. The second kappa shape index (κ2) is 11.0. The summed E-state index contributed by atoms with van der Waals surface area (Å²) in [4.78, 5) is 0. The van der Waals surface area contributed by atoms with E-state index in [9.17, 15) is 10.2 Å². The molecule has 4 aliphatic rings. The van der Waals surface area contributed by atoms with Crippen molar-refractivity contribution in [2.24, 2.45) is 11.5 Å². The Morgan fingerprint density at radius 3 is 1.53 bits per heavy atom. The zero-order valence-corrected chi connectivity index (χ0v) is 24.3. The molecule has 4 heterocycles. The van der Waals surface area contributed by atoms with Crippen LogP contribution in [0.3, 0.4) is 0 Å². The third-order valence-electron chi connectivity index (χ3n) is 7.03. The van der Waals surface area contributed by atoms with Crippen LogP contribution in [0, 0.1) is 0 Å². The van der Waals surface area contributed by atoms with Gasteiger partial charge in [-0.05, 0) is 49.2 Å². The van der Waals surface area contributed by atoms with E-state index < -0.39 is 25.4 Å². The lowest BCUT2D eigenvalue weighted by Gasteiger charge is -2.27. The zero-order chi connectivity index (χ0) is 27.2. The molecule has 0 bridgehead atoms. The maximum Gasteiger partial charge on any atom is 0.499 e. The maximum absolute atomic E-state index is 9.47. The first kappa shape index (κ1) is 28.3. The van der Waals surface area contributed by atoms with E-state index in [0.29, 0.717) is 13.1 Å². The number of aliphatic hydroxyl groups is 2. The number of halogens is 2. The van der Waals surface area contributed by atoms with Gasteiger partial charge in [-0.2, -0.15) is 0 Å². The monoisotopic (exact) mass is 654 g/mol. The van der Waals surface area contributed by atoms with E-state index in [1.54, 1.807) is 13.8 Å². The second-order valence-electron chi connectivity index (χ2n) is 10.2. The van der Waals surface area contributed by atoms with E-state index in [-0.39, 0.29) is 38.6 Å². The van der Waals surface area contributed by atoms with E-state index in [1.165, 1.54) is 0 Å². The summed E-state index contributed by atoms with van der Waals surface area (Å²) in [6, 6.07) is 7.60. The lowest BCUT2D eigenvalue weighted by Crippen LogP contribution is -2.45. The molecule has 6 N–H and O–H groups in total. The highest BCUT2D eigenvalue weighted by Gasteiger charge is 2.48. The zero-order valence-electron chi connectivity index (χ0n) is 21.1. The molecule has 2 aromatic carbocycles. The molecule has 0 aromatic heterocycles. The van der Waals surface area contributed by atoms with Crippen LogP contribution >= 0.6 is 31.9 Å². The van der Waals surface area contributed by atoms with Gasteiger partial charge in [-0.1, -0.05) is 31.9 Å². The van der Waals surface area contributed by atoms with E-state index in [4.69, 9.17) is 39.6 Å². The Hall–Kier alpha value is -1.19. The van der Waals surface area contributed by atoms with E-state index in [0.717, 1.165) is 42.5 Å². The van der Waals surface area contributed by atoms with Crippen molar-refractivity contribution in [3.05, 3.63) is 44.3 Å². The minimum atomic E-state index is -0.781. The topological polar surface area (TPSA) is 148 Å². The molecule has 4 atom stereocenters. The van der Waals surface area contributed by atoms with Crippen molar-refractivity contribution in [1.82, 2.24) is 0 Å². The normalized spacial score (nSPS) is 28.8. The summed E-state index contributed by atoms with van der Waals surface area (Å²) in [6.45, 7) is 4.62. The van der Waals surface area contributed by atoms with Gasteiger partial charge in [0.25, 0.3) is 0 Å². The molecule has 204 valence electrons. The molecule has 0 saturated heterocycles. The van der Waals surface area contributed by atoms with Crippen LogP contribution in [0.5, 0.6) is 11.5 Å². The third kappa shape index (κ3) is 5.05. The highest BCUT2D eigenvalue weighted by Crippen LogP contribution is 2.38. The third-order valence-corrected chi connectivity index (χ3v) is 8.41. The van der Waals surface area contributed by atoms with Crippen molar-refractivity contribution in [3.8, 4) is 11.5 Å². The van der Waals surface area contributed by atoms with Gasteiger partial charge < -0.3 is 49.8 Å². The Morgan fingerprint density at radius 1 is 0.789 bits per heavy atom. The molecular weight excluding hydrogens is 626 g/mol. The first-order valence-electron chi connectivity index (χ1n) is 12.3. The molecular formula is C24H30B2Br2N2O8. The van der Waals surface area contributed by atoms with Crippen LogP contribution in [0.1, 0.15) is 37.2 Å². The van der Waals surface area contributed by atoms with Gasteiger partial charge in [-0.15, -0.1) is 0 Å². The number of aliphatic hydroxyl groups excluding tert-OH is 2. The van der Waals surface area contributed by atoms with Crippen molar-refractivity contribution in [3.63, 3.8) is 0 Å². The molecule has 0 fully saturated rings. The lowest BCUT2D eigenvalue weighted by atomic mass is 9.77. The highest BCUT2D eigenvalue weighted by molar-refractivity contribution is 9.10. The number of hydrogen-bond donors (Lipinski definition) is 4. The summed E-state index contributed by atoms with van der Waals surface area (Å²) in [5.41, 5.74) is 13.7. The Morgan fingerprint density at radius 2 is 1.18 bits per heavy atom. The van der Waals surface area contributed by atoms with Crippen molar-refractivity contribution in [2.75, 3.05) is 39.5 Å². The smallest absolute Gasteiger partial charge is 0.491 e. The van der Waals surface area contributed by atoms with Crippen LogP contribution in [0.2, 0.25) is 0 Å². The van der Waals surface area contributed by atoms with Crippen LogP contribution in [0.25, 0.3) is 0 Å². The average molecular weight is 656 g/mol. The van der Waals surface area contributed by atoms with Gasteiger partial charge in [0.15, 0.2) is 0 Å². The number of rotatable bonds is 4. The summed E-state index contributed by atoms with van der Waals surface area (Å²) >= 11 is 7.04. The molecule has 0 radical (unpaired) electrons. The number of benzene rings is 2. The van der Waals surface area contributed by atoms with Crippen molar-refractivity contribution >= 4 is 57.0 Å². The molecule has 14 heteroatoms. The Kier molecular flexibility index (Phi) is 8.20. The average Bonchev–Trinajstić information content (AvgIpc) is 3.38. The van der Waals surface area contributed by atoms with Gasteiger partial charge >= 0.3 is 14.2 Å². The summed E-state index contributed by atoms with van der Waals surface area (Å²) in [7, 11) is -1.09. The molecule has 4 aliphatic heterocycles. The molecule has 10 nitrogen and oxygen atoms in total. The maximum atomic E-state index is 9.47. The number of hydrogen-bond acceptors (Lipinski definition) is 10. The summed E-state index contributed by atoms with van der Waals surface area (Å²) in [5, 5.41) is 18.9. The van der Waals surface area contributed by atoms with Crippen LogP contribution in [0.4, 0.5) is 0 Å². The predicted molar refractivity (Wildman–Crippen MR) is 149 cm³/mol. The number of ether oxygens (including phenoxy) is 2. The van der Waals surface area contributed by atoms with Gasteiger partial charge in [0.2, 0.25) is 0 Å². The Labute approximate surface area is 238 Å². The van der Waals surface area contributed by atoms with E-state index in [1.807, 2.05) is 24.3 Å². The van der Waals surface area contributed by atoms with Crippen molar-refractivity contribution in [1.29, 1.82) is 0 Å². The van der Waals surface area contributed by atoms with Gasteiger partial charge in [-0.3, -0.25) is 0 Å². The van der Waals surface area contributed by atoms with Gasteiger partial charge in [0, 0.05) is 33.0 Å². The van der Waals surface area contributed by atoms with Crippen molar-refractivity contribution in [2.45, 2.75) is 37.3 Å². The van der Waals surface area contributed by atoms with Gasteiger partial charge in [0.1, 0.15) is 35.9 Å². The quantitative estimate of drug-likeness (QED) is 0.347. The molecule has 0 aliphatic carbocycles. The molecule has 2 aromatic rings. The Bertz CT molecular complexity index is 1120. The molecule has 0 saturated carbocycles. The van der Waals surface area contributed by atoms with Gasteiger partial charge in [0.05, 0.1) is 25.4 Å². The summed E-state index contributed by atoms with van der Waals surface area (Å²) < 4.78 is 36.9. The fourth-order valence-electron chi connectivity index (χ4n) is 4.87. The minimum Gasteiger partial charge on any atom is -0.491 e. The SMILES string of the molecule is C[C@@]1(CO)COc2ccc(Br)c3c2B(O[C@@H]3CN)O1.C[C@]1(CO)COc2ccc(Br)c3c2B(O[C@@H]3CN)O1. The summed E-state index contributed by atoms with van der Waals surface area (Å²) in [6.07, 6.45) is -0.446. The largest absolute Gasteiger partial charge is 0.499 e. The lowest BCUT2D eigenvalue weighted by molar-refractivity contribution is -0.0266. The molecule has 0 unspecified atom stereocenters. The van der Waals surface area contributed by atoms with Crippen LogP contribution in [-0.4, -0.2) is 75.2 Å². The molecule has 6 rings (SSSR count).